The van der Waals surface area contributed by atoms with Crippen molar-refractivity contribution in [3.63, 3.8) is 0 Å². The molecule has 2 aliphatic heterocycles. The van der Waals surface area contributed by atoms with Crippen LogP contribution in [0.25, 0.3) is 22.5 Å². The lowest BCUT2D eigenvalue weighted by atomic mass is 9.92. The van der Waals surface area contributed by atoms with Crippen LogP contribution in [-0.2, 0) is 16.1 Å². The van der Waals surface area contributed by atoms with E-state index in [0.29, 0.717) is 42.0 Å². The van der Waals surface area contributed by atoms with Gasteiger partial charge in [-0.2, -0.15) is 4.68 Å². The Morgan fingerprint density at radius 3 is 2.75 bits per heavy atom. The van der Waals surface area contributed by atoms with Crippen LogP contribution in [0.15, 0.2) is 43.0 Å². The number of halogens is 3. The topological polar surface area (TPSA) is 144 Å². The van der Waals surface area contributed by atoms with Gasteiger partial charge in [-0.3, -0.25) is 9.78 Å². The molecule has 0 aliphatic carbocycles. The molecular formula is C29H28ClF2N9O3. The van der Waals surface area contributed by atoms with Gasteiger partial charge in [-0.1, -0.05) is 11.6 Å². The molecule has 12 nitrogen and oxygen atoms in total. The second-order valence-corrected chi connectivity index (χ2v) is 11.9. The smallest absolute Gasteiger partial charge is 0.407 e. The number of fused-ring (bicyclic) bond motifs is 1. The van der Waals surface area contributed by atoms with Gasteiger partial charge in [0, 0.05) is 29.4 Å². The lowest BCUT2D eigenvalue weighted by Crippen LogP contribution is -2.39. The number of hydrogen-bond acceptors (Lipinski definition) is 8. The Labute approximate surface area is 255 Å². The molecule has 5 heterocycles. The van der Waals surface area contributed by atoms with Crippen LogP contribution in [0.5, 0.6) is 0 Å². The lowest BCUT2D eigenvalue weighted by molar-refractivity contribution is -0.129. The van der Waals surface area contributed by atoms with Gasteiger partial charge < -0.3 is 19.9 Å². The molecule has 4 aromatic rings. The van der Waals surface area contributed by atoms with Crippen molar-refractivity contribution in [3.8, 4) is 16.9 Å². The minimum Gasteiger partial charge on any atom is -0.444 e. The number of ether oxygens (including phenoxy) is 1. The summed E-state index contributed by atoms with van der Waals surface area (Å²) in [5, 5.41) is 13.6. The van der Waals surface area contributed by atoms with Crippen molar-refractivity contribution in [3.05, 3.63) is 76.7 Å². The first-order valence-corrected chi connectivity index (χ1v) is 14.3. The zero-order valence-electron chi connectivity index (χ0n) is 24.0. The molecule has 1 fully saturated rings. The molecule has 0 spiro atoms. The molecule has 1 aromatic carbocycles. The number of imidazole rings is 1. The molecule has 3 aromatic heterocycles. The van der Waals surface area contributed by atoms with Crippen LogP contribution in [0.4, 0.5) is 13.6 Å². The minimum atomic E-state index is -0.694. The number of H-pyrrole nitrogens is 1. The molecule has 2 aliphatic rings. The van der Waals surface area contributed by atoms with Gasteiger partial charge in [0.1, 0.15) is 17.8 Å². The monoisotopic (exact) mass is 623 g/mol. The van der Waals surface area contributed by atoms with Crippen molar-refractivity contribution in [2.45, 2.75) is 64.3 Å². The molecule has 1 unspecified atom stereocenters. The number of amides is 2. The van der Waals surface area contributed by atoms with Gasteiger partial charge in [0.2, 0.25) is 5.91 Å². The number of carbonyl (C=O) groups excluding carboxylic acids is 2. The highest BCUT2D eigenvalue weighted by atomic mass is 35.5. The average molecular weight is 624 g/mol. The van der Waals surface area contributed by atoms with Gasteiger partial charge in [0.15, 0.2) is 11.6 Å². The van der Waals surface area contributed by atoms with E-state index >= 15 is 8.78 Å². The van der Waals surface area contributed by atoms with Crippen LogP contribution < -0.4 is 5.32 Å². The van der Waals surface area contributed by atoms with Crippen LogP contribution >= 0.6 is 11.6 Å². The third-order valence-corrected chi connectivity index (χ3v) is 7.75. The van der Waals surface area contributed by atoms with Crippen LogP contribution in [-0.4, -0.2) is 63.7 Å². The van der Waals surface area contributed by atoms with Crippen molar-refractivity contribution in [1.82, 2.24) is 45.4 Å². The maximum Gasteiger partial charge on any atom is 0.407 e. The lowest BCUT2D eigenvalue weighted by Gasteiger charge is -2.33. The summed E-state index contributed by atoms with van der Waals surface area (Å²) in [4.78, 5) is 39.0. The molecule has 2 atom stereocenters. The summed E-state index contributed by atoms with van der Waals surface area (Å²) >= 11 is 6.12. The number of hydrogen-bond donors (Lipinski definition) is 2. The number of aromatic amines is 1. The Morgan fingerprint density at radius 1 is 1.18 bits per heavy atom. The van der Waals surface area contributed by atoms with Crippen LogP contribution in [0, 0.1) is 11.6 Å². The van der Waals surface area contributed by atoms with E-state index in [1.54, 1.807) is 31.7 Å². The molecular weight excluding hydrogens is 596 g/mol. The highest BCUT2D eigenvalue weighted by Crippen LogP contribution is 2.44. The third kappa shape index (κ3) is 5.64. The zero-order chi connectivity index (χ0) is 31.2. The first kappa shape index (κ1) is 29.4. The predicted octanol–water partition coefficient (Wildman–Crippen LogP) is 4.92. The minimum absolute atomic E-state index is 0.0311. The summed E-state index contributed by atoms with van der Waals surface area (Å²) in [5.41, 5.74) is 0.988. The Balaban J connectivity index is 1.23. The number of alkyl carbamates (subject to hydrolysis) is 1. The van der Waals surface area contributed by atoms with Crippen molar-refractivity contribution in [1.29, 1.82) is 0 Å². The standard InChI is InChI=1S/C29H28ClF2N9O3/c1-29(2,3)44-28(43)35-13-20-25(31)17(8-9-33-20)19-12-34-27(37-19)22-6-4-16-10-15(11-23(42)41(16)22)24-21(40-14-36-38-39-40)7-5-18(30)26(24)32/h5,7-9,11-12,14,16,22H,4,6,10,13H2,1-3H3,(H,34,37)(H,35,43)/t16?,22-/m0/s1. The number of rotatable bonds is 6. The summed E-state index contributed by atoms with van der Waals surface area (Å²) in [6, 6.07) is 3.92. The first-order valence-electron chi connectivity index (χ1n) is 13.9. The highest BCUT2D eigenvalue weighted by molar-refractivity contribution is 6.31. The van der Waals surface area contributed by atoms with Crippen LogP contribution in [0.3, 0.4) is 0 Å². The molecule has 2 amide bonds. The normalized spacial score (nSPS) is 18.3. The van der Waals surface area contributed by atoms with Gasteiger partial charge in [-0.25, -0.2) is 18.6 Å². The molecule has 0 bridgehead atoms. The number of nitrogens with one attached hydrogen (secondary N) is 2. The molecule has 44 heavy (non-hydrogen) atoms. The van der Waals surface area contributed by atoms with Gasteiger partial charge in [0.25, 0.3) is 0 Å². The van der Waals surface area contributed by atoms with Crippen molar-refractivity contribution in [2.75, 3.05) is 0 Å². The van der Waals surface area contributed by atoms with Crippen molar-refractivity contribution >= 4 is 29.2 Å². The van der Waals surface area contributed by atoms with E-state index in [9.17, 15) is 9.59 Å². The van der Waals surface area contributed by atoms with Crippen LogP contribution in [0.2, 0.25) is 5.02 Å². The van der Waals surface area contributed by atoms with E-state index in [1.807, 2.05) is 0 Å². The average Bonchev–Trinajstić information content (AvgIpc) is 3.74. The molecule has 1 saturated heterocycles. The van der Waals surface area contributed by atoms with Gasteiger partial charge >= 0.3 is 6.09 Å². The third-order valence-electron chi connectivity index (χ3n) is 7.46. The largest absolute Gasteiger partial charge is 0.444 e. The Kier molecular flexibility index (Phi) is 7.61. The number of benzene rings is 1. The molecule has 0 saturated carbocycles. The van der Waals surface area contributed by atoms with Gasteiger partial charge in [0.05, 0.1) is 40.9 Å². The van der Waals surface area contributed by atoms with E-state index in [0.717, 1.165) is 0 Å². The molecule has 2 N–H and O–H groups in total. The van der Waals surface area contributed by atoms with E-state index in [2.05, 4.69) is 35.8 Å². The summed E-state index contributed by atoms with van der Waals surface area (Å²) < 4.78 is 37.3. The highest BCUT2D eigenvalue weighted by Gasteiger charge is 2.42. The summed E-state index contributed by atoms with van der Waals surface area (Å²) in [5.74, 6) is -1.07. The van der Waals surface area contributed by atoms with E-state index in [-0.39, 0.29) is 46.4 Å². The SMILES string of the molecule is CC(C)(C)OC(=O)NCc1nccc(-c2cnc([C@@H]3CCC4CC(c5c(-n6cnnn6)ccc(Cl)c5F)=CC(=O)N43)[nH]2)c1F. The van der Waals surface area contributed by atoms with Gasteiger partial charge in [-0.05, 0) is 74.2 Å². The molecule has 0 radical (unpaired) electrons. The zero-order valence-corrected chi connectivity index (χ0v) is 24.8. The summed E-state index contributed by atoms with van der Waals surface area (Å²) in [6.07, 6.45) is 6.65. The fourth-order valence-electron chi connectivity index (χ4n) is 5.64. The number of carbonyl (C=O) groups is 2. The quantitative estimate of drug-likeness (QED) is 0.308. The Hall–Kier alpha value is -4.72. The Morgan fingerprint density at radius 2 is 2.00 bits per heavy atom. The summed E-state index contributed by atoms with van der Waals surface area (Å²) in [7, 11) is 0. The maximum atomic E-state index is 15.4. The number of nitrogens with zero attached hydrogens (tertiary/aromatic N) is 7. The molecule has 228 valence electrons. The van der Waals surface area contributed by atoms with Crippen molar-refractivity contribution in [2.24, 2.45) is 0 Å². The predicted molar refractivity (Wildman–Crippen MR) is 154 cm³/mol. The second kappa shape index (κ2) is 11.4. The summed E-state index contributed by atoms with van der Waals surface area (Å²) in [6.45, 7) is 5.02. The molecule has 6 rings (SSSR count). The second-order valence-electron chi connectivity index (χ2n) is 11.5. The fourth-order valence-corrected chi connectivity index (χ4v) is 5.79. The number of pyridine rings is 1. The number of tetrazole rings is 1. The number of aromatic nitrogens is 7. The maximum absolute atomic E-state index is 15.4. The fraction of sp³-hybridized carbons (Fsp3) is 0.345. The first-order chi connectivity index (χ1) is 21.0. The van der Waals surface area contributed by atoms with Crippen molar-refractivity contribution < 1.29 is 23.1 Å². The van der Waals surface area contributed by atoms with E-state index in [4.69, 9.17) is 16.3 Å². The van der Waals surface area contributed by atoms with Crippen LogP contribution in [0.1, 0.15) is 63.2 Å². The van der Waals surface area contributed by atoms with Gasteiger partial charge in [-0.15, -0.1) is 5.10 Å². The molecule has 15 heteroatoms. The van der Waals surface area contributed by atoms with E-state index < -0.39 is 23.3 Å². The Bertz CT molecular complexity index is 1770. The van der Waals surface area contributed by atoms with E-state index in [1.165, 1.54) is 41.6 Å².